The van der Waals surface area contributed by atoms with Crippen LogP contribution in [0.4, 0.5) is 0 Å². The fourth-order valence-corrected chi connectivity index (χ4v) is 4.08. The van der Waals surface area contributed by atoms with Gasteiger partial charge in [-0.1, -0.05) is 31.4 Å². The Hall–Kier alpha value is -1.85. The van der Waals surface area contributed by atoms with E-state index in [1.54, 1.807) is 13.2 Å². The van der Waals surface area contributed by atoms with Crippen LogP contribution in [-0.2, 0) is 9.53 Å². The van der Waals surface area contributed by atoms with E-state index in [1.807, 2.05) is 30.3 Å². The third-order valence-corrected chi connectivity index (χ3v) is 5.58. The van der Waals surface area contributed by atoms with E-state index in [2.05, 4.69) is 10.2 Å². The molecule has 0 unspecified atom stereocenters. The molecule has 1 amide bonds. The number of hydrogen-bond acceptors (Lipinski definition) is 4. The van der Waals surface area contributed by atoms with Gasteiger partial charge >= 0.3 is 0 Å². The Labute approximate surface area is 156 Å². The molecule has 0 atom stereocenters. The van der Waals surface area contributed by atoms with Gasteiger partial charge in [0, 0.05) is 31.2 Å². The lowest BCUT2D eigenvalue weighted by atomic mass is 9.79. The zero-order valence-corrected chi connectivity index (χ0v) is 15.7. The van der Waals surface area contributed by atoms with Crippen LogP contribution in [0.15, 0.2) is 30.3 Å². The van der Waals surface area contributed by atoms with E-state index in [0.29, 0.717) is 6.54 Å². The highest BCUT2D eigenvalue weighted by Crippen LogP contribution is 2.33. The minimum absolute atomic E-state index is 0.0361. The van der Waals surface area contributed by atoms with Crippen molar-refractivity contribution in [3.63, 3.8) is 0 Å². The predicted molar refractivity (Wildman–Crippen MR) is 103 cm³/mol. The molecule has 0 bridgehead atoms. The third kappa shape index (κ3) is 4.86. The molecule has 1 aliphatic heterocycles. The second-order valence-electron chi connectivity index (χ2n) is 7.21. The monoisotopic (exact) mass is 358 g/mol. The average Bonchev–Trinajstić information content (AvgIpc) is 2.72. The Morgan fingerprint density at radius 1 is 1.27 bits per heavy atom. The maximum absolute atomic E-state index is 12.4. The van der Waals surface area contributed by atoms with Crippen molar-refractivity contribution >= 4 is 12.0 Å². The number of morpholine rings is 1. The number of nitrogens with zero attached hydrogens (tertiary/aromatic N) is 1. The lowest BCUT2D eigenvalue weighted by Crippen LogP contribution is -2.59. The van der Waals surface area contributed by atoms with Gasteiger partial charge < -0.3 is 14.8 Å². The number of carbonyl (C=O) groups is 1. The van der Waals surface area contributed by atoms with Crippen molar-refractivity contribution in [1.29, 1.82) is 0 Å². The quantitative estimate of drug-likeness (QED) is 0.795. The predicted octanol–water partition coefficient (Wildman–Crippen LogP) is 2.86. The molecule has 1 N–H and O–H groups in total. The van der Waals surface area contributed by atoms with Crippen molar-refractivity contribution in [3.05, 3.63) is 35.9 Å². The Morgan fingerprint density at radius 2 is 2.04 bits per heavy atom. The van der Waals surface area contributed by atoms with E-state index in [9.17, 15) is 4.79 Å². The van der Waals surface area contributed by atoms with Crippen LogP contribution in [0.25, 0.3) is 6.08 Å². The number of hydrogen-bond donors (Lipinski definition) is 1. The van der Waals surface area contributed by atoms with E-state index in [1.165, 1.54) is 19.3 Å². The smallest absolute Gasteiger partial charge is 0.244 e. The van der Waals surface area contributed by atoms with Crippen LogP contribution in [0.2, 0.25) is 0 Å². The van der Waals surface area contributed by atoms with E-state index in [0.717, 1.165) is 50.5 Å². The van der Waals surface area contributed by atoms with E-state index in [4.69, 9.17) is 9.47 Å². The minimum atomic E-state index is -0.0361. The molecule has 0 spiro atoms. The van der Waals surface area contributed by atoms with Gasteiger partial charge in [-0.25, -0.2) is 0 Å². The molecule has 1 saturated heterocycles. The van der Waals surface area contributed by atoms with Gasteiger partial charge in [0.15, 0.2) is 0 Å². The largest absolute Gasteiger partial charge is 0.497 e. The van der Waals surface area contributed by atoms with Gasteiger partial charge in [-0.15, -0.1) is 0 Å². The molecule has 1 aromatic carbocycles. The average molecular weight is 358 g/mol. The molecule has 1 aromatic rings. The summed E-state index contributed by atoms with van der Waals surface area (Å²) in [4.78, 5) is 14.9. The van der Waals surface area contributed by atoms with E-state index < -0.39 is 0 Å². The summed E-state index contributed by atoms with van der Waals surface area (Å²) in [6.45, 7) is 4.25. The van der Waals surface area contributed by atoms with Crippen LogP contribution in [0.3, 0.4) is 0 Å². The molecule has 2 aliphatic rings. The number of nitrogens with one attached hydrogen (secondary N) is 1. The van der Waals surface area contributed by atoms with Crippen LogP contribution in [0.1, 0.15) is 37.7 Å². The first-order valence-corrected chi connectivity index (χ1v) is 9.65. The molecule has 2 fully saturated rings. The van der Waals surface area contributed by atoms with Gasteiger partial charge in [0.25, 0.3) is 0 Å². The first kappa shape index (κ1) is 18.9. The molecule has 1 saturated carbocycles. The van der Waals surface area contributed by atoms with Gasteiger partial charge in [0.05, 0.1) is 20.3 Å². The van der Waals surface area contributed by atoms with Crippen LogP contribution >= 0.6 is 0 Å². The number of rotatable bonds is 6. The Bertz CT molecular complexity index is 617. The molecule has 26 heavy (non-hydrogen) atoms. The maximum atomic E-state index is 12.4. The van der Waals surface area contributed by atoms with Crippen molar-refractivity contribution in [2.45, 2.75) is 37.6 Å². The fourth-order valence-electron chi connectivity index (χ4n) is 4.08. The molecule has 1 aliphatic carbocycles. The lowest BCUT2D eigenvalue weighted by Gasteiger charge is -2.48. The Balaban J connectivity index is 1.59. The second-order valence-corrected chi connectivity index (χ2v) is 7.21. The number of carbonyl (C=O) groups excluding carboxylic acids is 1. The first-order valence-electron chi connectivity index (χ1n) is 9.65. The third-order valence-electron chi connectivity index (χ3n) is 5.58. The van der Waals surface area contributed by atoms with E-state index >= 15 is 0 Å². The lowest BCUT2D eigenvalue weighted by molar-refractivity contribution is -0.117. The molecule has 0 radical (unpaired) electrons. The van der Waals surface area contributed by atoms with E-state index in [-0.39, 0.29) is 11.4 Å². The topological polar surface area (TPSA) is 50.8 Å². The Morgan fingerprint density at radius 3 is 2.77 bits per heavy atom. The molecule has 5 heteroatoms. The van der Waals surface area contributed by atoms with Gasteiger partial charge in [-0.3, -0.25) is 9.69 Å². The van der Waals surface area contributed by atoms with Crippen LogP contribution in [-0.4, -0.2) is 56.3 Å². The van der Waals surface area contributed by atoms with Gasteiger partial charge in [0.2, 0.25) is 5.91 Å². The van der Waals surface area contributed by atoms with Crippen LogP contribution in [0.5, 0.6) is 5.75 Å². The summed E-state index contributed by atoms with van der Waals surface area (Å²) in [5.41, 5.74) is 1.06. The molecular formula is C21H30N2O3. The van der Waals surface area contributed by atoms with Gasteiger partial charge in [-0.05, 0) is 36.6 Å². The van der Waals surface area contributed by atoms with Crippen molar-refractivity contribution in [2.24, 2.45) is 0 Å². The molecular weight excluding hydrogens is 328 g/mol. The number of benzene rings is 1. The molecule has 5 nitrogen and oxygen atoms in total. The van der Waals surface area contributed by atoms with Crippen molar-refractivity contribution < 1.29 is 14.3 Å². The summed E-state index contributed by atoms with van der Waals surface area (Å²) in [6.07, 6.45) is 9.56. The zero-order chi connectivity index (χ0) is 18.2. The molecule has 142 valence electrons. The van der Waals surface area contributed by atoms with Crippen LogP contribution < -0.4 is 10.1 Å². The Kier molecular flexibility index (Phi) is 6.69. The molecule has 3 rings (SSSR count). The minimum Gasteiger partial charge on any atom is -0.497 e. The first-order chi connectivity index (χ1) is 12.7. The van der Waals surface area contributed by atoms with Crippen LogP contribution in [0, 0.1) is 0 Å². The summed E-state index contributed by atoms with van der Waals surface area (Å²) in [5, 5.41) is 3.15. The summed E-state index contributed by atoms with van der Waals surface area (Å²) < 4.78 is 10.7. The summed E-state index contributed by atoms with van der Waals surface area (Å²) in [7, 11) is 1.64. The molecule has 0 aromatic heterocycles. The summed E-state index contributed by atoms with van der Waals surface area (Å²) >= 11 is 0. The SMILES string of the molecule is COc1cccc(/C=C/C(=O)NCC2(N3CCOCC3)CCCCC2)c1. The highest BCUT2D eigenvalue weighted by molar-refractivity contribution is 5.91. The molecule has 1 heterocycles. The number of methoxy groups -OCH3 is 1. The highest BCUT2D eigenvalue weighted by Gasteiger charge is 2.38. The fraction of sp³-hybridized carbons (Fsp3) is 0.571. The van der Waals surface area contributed by atoms with Crippen molar-refractivity contribution in [1.82, 2.24) is 10.2 Å². The standard InChI is InChI=1S/C21H30N2O3/c1-25-19-7-5-6-18(16-19)8-9-20(24)22-17-21(10-3-2-4-11-21)23-12-14-26-15-13-23/h5-9,16H,2-4,10-15,17H2,1H3,(H,22,24)/b9-8+. The number of ether oxygens (including phenoxy) is 2. The summed E-state index contributed by atoms with van der Waals surface area (Å²) in [5.74, 6) is 0.757. The summed E-state index contributed by atoms with van der Waals surface area (Å²) in [6, 6.07) is 7.70. The van der Waals surface area contributed by atoms with Gasteiger partial charge in [0.1, 0.15) is 5.75 Å². The van der Waals surface area contributed by atoms with Gasteiger partial charge in [-0.2, -0.15) is 0 Å². The zero-order valence-electron chi connectivity index (χ0n) is 15.7. The van der Waals surface area contributed by atoms with Crippen molar-refractivity contribution in [3.8, 4) is 5.75 Å². The van der Waals surface area contributed by atoms with Crippen molar-refractivity contribution in [2.75, 3.05) is 40.0 Å². The second kappa shape index (κ2) is 9.19. The maximum Gasteiger partial charge on any atom is 0.244 e. The highest BCUT2D eigenvalue weighted by atomic mass is 16.5. The normalized spacial score (nSPS) is 20.8. The number of amides is 1.